The number of furan rings is 1. The molecule has 60 valence electrons. The van der Waals surface area contributed by atoms with Crippen LogP contribution in [0.1, 0.15) is 24.5 Å². The van der Waals surface area contributed by atoms with E-state index in [1.54, 1.807) is 6.08 Å². The van der Waals surface area contributed by atoms with Crippen molar-refractivity contribution in [1.29, 1.82) is 0 Å². The molecule has 0 aromatic carbocycles. The number of hydrogen-bond acceptors (Lipinski definition) is 2. The Morgan fingerprint density at radius 2 is 2.45 bits per heavy atom. The number of hydrogen-bond donors (Lipinski definition) is 1. The predicted molar refractivity (Wildman–Crippen MR) is 45.2 cm³/mol. The fraction of sp³-hybridized carbons (Fsp3) is 0.333. The summed E-state index contributed by atoms with van der Waals surface area (Å²) in [5.41, 5.74) is 5.65. The van der Waals surface area contributed by atoms with Crippen LogP contribution >= 0.6 is 0 Å². The lowest BCUT2D eigenvalue weighted by atomic mass is 10.2. The zero-order valence-corrected chi connectivity index (χ0v) is 6.71. The van der Waals surface area contributed by atoms with E-state index < -0.39 is 0 Å². The molecule has 0 saturated carbocycles. The molecule has 0 fully saturated rings. The summed E-state index contributed by atoms with van der Waals surface area (Å²) < 4.78 is 5.39. The van der Waals surface area contributed by atoms with E-state index in [2.05, 4.69) is 6.58 Å². The molecule has 0 aliphatic heterocycles. The minimum atomic E-state index is -0.171. The second-order valence-electron chi connectivity index (χ2n) is 2.42. The zero-order chi connectivity index (χ0) is 8.27. The van der Waals surface area contributed by atoms with Crippen LogP contribution in [-0.4, -0.2) is 0 Å². The maximum atomic E-state index is 5.65. The summed E-state index contributed by atoms with van der Waals surface area (Å²) in [6.07, 6.45) is 2.57. The van der Waals surface area contributed by atoms with Gasteiger partial charge in [-0.3, -0.25) is 0 Å². The molecular weight excluding hydrogens is 138 g/mol. The Kier molecular flexibility index (Phi) is 2.49. The first-order valence-corrected chi connectivity index (χ1v) is 3.74. The van der Waals surface area contributed by atoms with Gasteiger partial charge in [-0.05, 0) is 12.1 Å². The molecule has 0 aliphatic rings. The van der Waals surface area contributed by atoms with E-state index in [4.69, 9.17) is 10.2 Å². The van der Waals surface area contributed by atoms with E-state index >= 15 is 0 Å². The van der Waals surface area contributed by atoms with Gasteiger partial charge in [-0.1, -0.05) is 13.0 Å². The van der Waals surface area contributed by atoms with E-state index in [0.717, 1.165) is 17.9 Å². The van der Waals surface area contributed by atoms with Crippen molar-refractivity contribution < 1.29 is 4.42 Å². The maximum absolute atomic E-state index is 5.65. The predicted octanol–water partition coefficient (Wildman–Crippen LogP) is 2.03. The second kappa shape index (κ2) is 3.39. The van der Waals surface area contributed by atoms with Crippen molar-refractivity contribution in [3.05, 3.63) is 36.3 Å². The van der Waals surface area contributed by atoms with Crippen LogP contribution < -0.4 is 5.73 Å². The van der Waals surface area contributed by atoms with Crippen molar-refractivity contribution in [2.45, 2.75) is 19.4 Å². The van der Waals surface area contributed by atoms with Crippen LogP contribution in [0.25, 0.3) is 0 Å². The Labute approximate surface area is 66.7 Å². The highest BCUT2D eigenvalue weighted by Crippen LogP contribution is 2.15. The summed E-state index contributed by atoms with van der Waals surface area (Å²) in [6.45, 7) is 5.63. The fourth-order valence-corrected chi connectivity index (χ4v) is 0.880. The maximum Gasteiger partial charge on any atom is 0.124 e. The molecule has 11 heavy (non-hydrogen) atoms. The molecule has 2 nitrogen and oxygen atoms in total. The first kappa shape index (κ1) is 8.08. The van der Waals surface area contributed by atoms with Crippen LogP contribution in [0.2, 0.25) is 0 Å². The van der Waals surface area contributed by atoms with Crippen molar-refractivity contribution in [3.63, 3.8) is 0 Å². The summed E-state index contributed by atoms with van der Waals surface area (Å²) in [7, 11) is 0. The highest BCUT2D eigenvalue weighted by Gasteiger charge is 2.05. The Morgan fingerprint density at radius 1 is 1.73 bits per heavy atom. The largest absolute Gasteiger partial charge is 0.464 e. The van der Waals surface area contributed by atoms with Gasteiger partial charge in [0.15, 0.2) is 0 Å². The number of aryl methyl sites for hydroxylation is 1. The molecule has 1 aromatic heterocycles. The molecule has 1 rings (SSSR count). The lowest BCUT2D eigenvalue weighted by molar-refractivity contribution is 0.457. The van der Waals surface area contributed by atoms with Gasteiger partial charge < -0.3 is 10.2 Å². The molecule has 0 amide bonds. The Hall–Kier alpha value is -1.02. The van der Waals surface area contributed by atoms with Crippen LogP contribution in [0.5, 0.6) is 0 Å². The normalized spacial score (nSPS) is 12.9. The Balaban J connectivity index is 2.79. The molecule has 0 radical (unpaired) electrons. The van der Waals surface area contributed by atoms with Gasteiger partial charge in [0.05, 0.1) is 6.04 Å². The quantitative estimate of drug-likeness (QED) is 0.671. The van der Waals surface area contributed by atoms with Gasteiger partial charge in [0, 0.05) is 6.42 Å². The molecular formula is C9H13NO. The molecule has 2 N–H and O–H groups in total. The molecule has 0 bridgehead atoms. The minimum Gasteiger partial charge on any atom is -0.464 e. The molecule has 1 unspecified atom stereocenters. The molecule has 0 spiro atoms. The van der Waals surface area contributed by atoms with Crippen LogP contribution in [-0.2, 0) is 6.42 Å². The zero-order valence-electron chi connectivity index (χ0n) is 6.71. The van der Waals surface area contributed by atoms with Crippen LogP contribution in [0.4, 0.5) is 0 Å². The number of nitrogens with two attached hydrogens (primary N) is 1. The lowest BCUT2D eigenvalue weighted by Crippen LogP contribution is -2.04. The third-order valence-corrected chi connectivity index (χ3v) is 1.61. The van der Waals surface area contributed by atoms with Gasteiger partial charge in [-0.15, -0.1) is 6.58 Å². The molecule has 0 aliphatic carbocycles. The SMILES string of the molecule is C=CC(N)c1ccc(CC)o1. The van der Waals surface area contributed by atoms with Gasteiger partial charge in [0.2, 0.25) is 0 Å². The minimum absolute atomic E-state index is 0.171. The van der Waals surface area contributed by atoms with Gasteiger partial charge in [0.25, 0.3) is 0 Å². The lowest BCUT2D eigenvalue weighted by Gasteiger charge is -1.99. The summed E-state index contributed by atoms with van der Waals surface area (Å²) in [4.78, 5) is 0. The summed E-state index contributed by atoms with van der Waals surface area (Å²) >= 11 is 0. The molecule has 0 saturated heterocycles. The molecule has 2 heteroatoms. The highest BCUT2D eigenvalue weighted by molar-refractivity contribution is 5.13. The first-order chi connectivity index (χ1) is 5.27. The summed E-state index contributed by atoms with van der Waals surface area (Å²) in [5, 5.41) is 0. The third-order valence-electron chi connectivity index (χ3n) is 1.61. The smallest absolute Gasteiger partial charge is 0.124 e. The van der Waals surface area contributed by atoms with Crippen LogP contribution in [0, 0.1) is 0 Å². The first-order valence-electron chi connectivity index (χ1n) is 3.74. The van der Waals surface area contributed by atoms with Gasteiger partial charge in [0.1, 0.15) is 11.5 Å². The van der Waals surface area contributed by atoms with Gasteiger partial charge >= 0.3 is 0 Å². The van der Waals surface area contributed by atoms with E-state index in [9.17, 15) is 0 Å². The highest BCUT2D eigenvalue weighted by atomic mass is 16.3. The van der Waals surface area contributed by atoms with Gasteiger partial charge in [-0.25, -0.2) is 0 Å². The summed E-state index contributed by atoms with van der Waals surface area (Å²) in [6, 6.07) is 3.67. The molecule has 1 heterocycles. The van der Waals surface area contributed by atoms with E-state index in [1.165, 1.54) is 0 Å². The van der Waals surface area contributed by atoms with Crippen molar-refractivity contribution in [2.75, 3.05) is 0 Å². The molecule has 1 atom stereocenters. The van der Waals surface area contributed by atoms with Gasteiger partial charge in [-0.2, -0.15) is 0 Å². The van der Waals surface area contributed by atoms with Crippen molar-refractivity contribution in [2.24, 2.45) is 5.73 Å². The standard InChI is InChI=1S/C9H13NO/c1-3-7-5-6-9(11-7)8(10)4-2/h4-6,8H,2-3,10H2,1H3. The number of rotatable bonds is 3. The monoisotopic (exact) mass is 151 g/mol. The van der Waals surface area contributed by atoms with E-state index in [0.29, 0.717) is 0 Å². The van der Waals surface area contributed by atoms with Crippen LogP contribution in [0.15, 0.2) is 29.2 Å². The second-order valence-corrected chi connectivity index (χ2v) is 2.42. The van der Waals surface area contributed by atoms with E-state index in [-0.39, 0.29) is 6.04 Å². The van der Waals surface area contributed by atoms with Crippen molar-refractivity contribution >= 4 is 0 Å². The average Bonchev–Trinajstić information content (AvgIpc) is 2.50. The summed E-state index contributed by atoms with van der Waals surface area (Å²) in [5.74, 6) is 1.76. The van der Waals surface area contributed by atoms with Crippen molar-refractivity contribution in [1.82, 2.24) is 0 Å². The Morgan fingerprint density at radius 3 is 2.91 bits per heavy atom. The van der Waals surface area contributed by atoms with E-state index in [1.807, 2.05) is 19.1 Å². The molecule has 1 aromatic rings. The Bertz CT molecular complexity index is 239. The average molecular weight is 151 g/mol. The topological polar surface area (TPSA) is 39.2 Å². The van der Waals surface area contributed by atoms with Crippen LogP contribution in [0.3, 0.4) is 0 Å². The fourth-order valence-electron chi connectivity index (χ4n) is 0.880. The third kappa shape index (κ3) is 1.71. The van der Waals surface area contributed by atoms with Crippen molar-refractivity contribution in [3.8, 4) is 0 Å².